The summed E-state index contributed by atoms with van der Waals surface area (Å²) in [6.45, 7) is 1.88. The number of anilines is 2. The zero-order valence-corrected chi connectivity index (χ0v) is 15.9. The van der Waals surface area contributed by atoms with E-state index in [1.54, 1.807) is 30.3 Å². The highest BCUT2D eigenvalue weighted by atomic mass is 35.5. The van der Waals surface area contributed by atoms with Crippen LogP contribution in [-0.4, -0.2) is 11.8 Å². The van der Waals surface area contributed by atoms with E-state index in [-0.39, 0.29) is 17.5 Å². The fourth-order valence-corrected chi connectivity index (χ4v) is 3.35. The minimum absolute atomic E-state index is 0.252. The average molecular weight is 389 g/mol. The largest absolute Gasteiger partial charge is 0.350 e. The number of nitrogens with zero attached hydrogens (tertiary/aromatic N) is 1. The molecule has 4 nitrogen and oxygen atoms in total. The summed E-state index contributed by atoms with van der Waals surface area (Å²) in [5.74, 6) is -0.742. The number of hydrogen-bond acceptors (Lipinski definition) is 3. The summed E-state index contributed by atoms with van der Waals surface area (Å²) in [6.07, 6.45) is 0. The van der Waals surface area contributed by atoms with Crippen molar-refractivity contribution in [1.29, 1.82) is 0 Å². The molecule has 3 aromatic carbocycles. The summed E-state index contributed by atoms with van der Waals surface area (Å²) in [5, 5.41) is 3.70. The monoisotopic (exact) mass is 388 g/mol. The molecule has 0 aliphatic carbocycles. The molecule has 0 fully saturated rings. The molecular formula is C23H17ClN2O2. The van der Waals surface area contributed by atoms with Crippen molar-refractivity contribution in [2.45, 2.75) is 6.92 Å². The molecule has 28 heavy (non-hydrogen) atoms. The summed E-state index contributed by atoms with van der Waals surface area (Å²) in [6, 6.07) is 23.6. The number of carbonyl (C=O) groups is 2. The molecule has 1 heterocycles. The SMILES string of the molecule is Cc1ccccc1N1C(=O)C(Nc2ccccc2)=C(c2ccc(Cl)cc2)C1=O. The molecule has 138 valence electrons. The minimum Gasteiger partial charge on any atom is -0.350 e. The molecule has 0 spiro atoms. The molecule has 4 rings (SSSR count). The molecular weight excluding hydrogens is 372 g/mol. The Balaban J connectivity index is 1.84. The highest BCUT2D eigenvalue weighted by molar-refractivity contribution is 6.46. The van der Waals surface area contributed by atoms with Gasteiger partial charge in [-0.3, -0.25) is 9.59 Å². The Bertz CT molecular complexity index is 1090. The number of amides is 2. The van der Waals surface area contributed by atoms with Gasteiger partial charge in [0.25, 0.3) is 11.8 Å². The molecule has 5 heteroatoms. The number of nitrogens with one attached hydrogen (secondary N) is 1. The third-order valence-corrected chi connectivity index (χ3v) is 4.87. The van der Waals surface area contributed by atoms with Crippen LogP contribution in [0.2, 0.25) is 5.02 Å². The highest BCUT2D eigenvalue weighted by Gasteiger charge is 2.40. The lowest BCUT2D eigenvalue weighted by Crippen LogP contribution is -2.32. The van der Waals surface area contributed by atoms with Crippen molar-refractivity contribution in [3.05, 3.63) is 101 Å². The van der Waals surface area contributed by atoms with Crippen molar-refractivity contribution in [3.63, 3.8) is 0 Å². The zero-order valence-electron chi connectivity index (χ0n) is 15.1. The number of rotatable bonds is 4. The smallest absolute Gasteiger partial charge is 0.282 e. The quantitative estimate of drug-likeness (QED) is 0.636. The van der Waals surface area contributed by atoms with Crippen LogP contribution in [0.3, 0.4) is 0 Å². The van der Waals surface area contributed by atoms with Gasteiger partial charge in [-0.25, -0.2) is 4.90 Å². The van der Waals surface area contributed by atoms with Crippen LogP contribution in [0.5, 0.6) is 0 Å². The number of hydrogen-bond donors (Lipinski definition) is 1. The van der Waals surface area contributed by atoms with Gasteiger partial charge in [0.05, 0.1) is 11.3 Å². The van der Waals surface area contributed by atoms with E-state index >= 15 is 0 Å². The first kappa shape index (κ1) is 18.0. The van der Waals surface area contributed by atoms with Gasteiger partial charge in [-0.15, -0.1) is 0 Å². The Kier molecular flexibility index (Phi) is 4.72. The molecule has 0 aromatic heterocycles. The second-order valence-corrected chi connectivity index (χ2v) is 6.92. The zero-order chi connectivity index (χ0) is 19.7. The van der Waals surface area contributed by atoms with E-state index in [2.05, 4.69) is 5.32 Å². The van der Waals surface area contributed by atoms with Crippen molar-refractivity contribution < 1.29 is 9.59 Å². The third kappa shape index (κ3) is 3.19. The van der Waals surface area contributed by atoms with E-state index in [1.807, 2.05) is 55.5 Å². The highest BCUT2D eigenvalue weighted by Crippen LogP contribution is 2.35. The lowest BCUT2D eigenvalue weighted by Gasteiger charge is -2.17. The van der Waals surface area contributed by atoms with Gasteiger partial charge in [0.1, 0.15) is 5.70 Å². The Labute approximate surface area is 168 Å². The summed E-state index contributed by atoms with van der Waals surface area (Å²) >= 11 is 6.00. The second kappa shape index (κ2) is 7.33. The van der Waals surface area contributed by atoms with Crippen LogP contribution in [-0.2, 0) is 9.59 Å². The predicted molar refractivity (Wildman–Crippen MR) is 112 cm³/mol. The Morgan fingerprint density at radius 2 is 1.43 bits per heavy atom. The van der Waals surface area contributed by atoms with Gasteiger partial charge in [-0.05, 0) is 48.4 Å². The van der Waals surface area contributed by atoms with E-state index in [4.69, 9.17) is 11.6 Å². The van der Waals surface area contributed by atoms with Crippen molar-refractivity contribution >= 4 is 40.4 Å². The molecule has 3 aromatic rings. The molecule has 1 aliphatic rings. The van der Waals surface area contributed by atoms with Crippen LogP contribution in [0.15, 0.2) is 84.6 Å². The van der Waals surface area contributed by atoms with E-state index in [0.29, 0.717) is 21.8 Å². The Morgan fingerprint density at radius 3 is 2.11 bits per heavy atom. The van der Waals surface area contributed by atoms with Crippen LogP contribution < -0.4 is 10.2 Å². The Hall–Kier alpha value is -3.37. The van der Waals surface area contributed by atoms with E-state index in [0.717, 1.165) is 11.3 Å². The standard InChI is InChI=1S/C23H17ClN2O2/c1-15-7-5-6-10-19(15)26-22(27)20(16-11-13-17(24)14-12-16)21(23(26)28)25-18-8-3-2-4-9-18/h2-14,25H,1H3. The van der Waals surface area contributed by atoms with E-state index in [9.17, 15) is 9.59 Å². The van der Waals surface area contributed by atoms with E-state index < -0.39 is 0 Å². The first-order valence-electron chi connectivity index (χ1n) is 8.83. The second-order valence-electron chi connectivity index (χ2n) is 6.48. The number of halogens is 1. The molecule has 0 atom stereocenters. The number of imide groups is 1. The van der Waals surface area contributed by atoms with Gasteiger partial charge < -0.3 is 5.32 Å². The first-order chi connectivity index (χ1) is 13.6. The number of benzene rings is 3. The summed E-state index contributed by atoms with van der Waals surface area (Å²) in [7, 11) is 0. The van der Waals surface area contributed by atoms with Crippen LogP contribution in [0, 0.1) is 6.92 Å². The molecule has 1 aliphatic heterocycles. The molecule has 0 saturated carbocycles. The van der Waals surface area contributed by atoms with Gasteiger partial charge in [0.2, 0.25) is 0 Å². The van der Waals surface area contributed by atoms with Crippen LogP contribution in [0.1, 0.15) is 11.1 Å². The molecule has 0 radical (unpaired) electrons. The summed E-state index contributed by atoms with van der Waals surface area (Å²) in [5.41, 5.74) is 3.37. The van der Waals surface area contributed by atoms with Gasteiger partial charge in [-0.1, -0.05) is 60.1 Å². The van der Waals surface area contributed by atoms with E-state index in [1.165, 1.54) is 4.90 Å². The minimum atomic E-state index is -0.381. The fourth-order valence-electron chi connectivity index (χ4n) is 3.23. The van der Waals surface area contributed by atoms with Crippen molar-refractivity contribution in [1.82, 2.24) is 0 Å². The lowest BCUT2D eigenvalue weighted by molar-refractivity contribution is -0.120. The van der Waals surface area contributed by atoms with Crippen LogP contribution in [0.4, 0.5) is 11.4 Å². The maximum absolute atomic E-state index is 13.3. The van der Waals surface area contributed by atoms with Crippen molar-refractivity contribution in [3.8, 4) is 0 Å². The lowest BCUT2D eigenvalue weighted by atomic mass is 10.0. The number of aryl methyl sites for hydroxylation is 1. The summed E-state index contributed by atoms with van der Waals surface area (Å²) < 4.78 is 0. The first-order valence-corrected chi connectivity index (χ1v) is 9.21. The topological polar surface area (TPSA) is 49.4 Å². The summed E-state index contributed by atoms with van der Waals surface area (Å²) in [4.78, 5) is 27.8. The maximum Gasteiger partial charge on any atom is 0.282 e. The van der Waals surface area contributed by atoms with Gasteiger partial charge in [0.15, 0.2) is 0 Å². The molecule has 0 saturated heterocycles. The fraction of sp³-hybridized carbons (Fsp3) is 0.0435. The van der Waals surface area contributed by atoms with Gasteiger partial charge in [0, 0.05) is 10.7 Å². The maximum atomic E-state index is 13.3. The van der Waals surface area contributed by atoms with Crippen LogP contribution >= 0.6 is 11.6 Å². The molecule has 0 unspecified atom stereocenters. The Morgan fingerprint density at radius 1 is 0.786 bits per heavy atom. The third-order valence-electron chi connectivity index (χ3n) is 4.62. The average Bonchev–Trinajstić information content (AvgIpc) is 2.94. The number of carbonyl (C=O) groups excluding carboxylic acids is 2. The van der Waals surface area contributed by atoms with Crippen LogP contribution in [0.25, 0.3) is 5.57 Å². The van der Waals surface area contributed by atoms with Crippen molar-refractivity contribution in [2.24, 2.45) is 0 Å². The van der Waals surface area contributed by atoms with Crippen molar-refractivity contribution in [2.75, 3.05) is 10.2 Å². The normalized spacial score (nSPS) is 14.0. The molecule has 0 bridgehead atoms. The predicted octanol–water partition coefficient (Wildman–Crippen LogP) is 5.05. The number of para-hydroxylation sites is 2. The van der Waals surface area contributed by atoms with Gasteiger partial charge in [-0.2, -0.15) is 0 Å². The molecule has 1 N–H and O–H groups in total. The molecule has 2 amide bonds. The van der Waals surface area contributed by atoms with Gasteiger partial charge >= 0.3 is 0 Å².